The van der Waals surface area contributed by atoms with Gasteiger partial charge in [-0.1, -0.05) is 11.6 Å². The fourth-order valence-corrected chi connectivity index (χ4v) is 7.75. The van der Waals surface area contributed by atoms with E-state index in [0.717, 1.165) is 4.68 Å². The number of halogens is 1. The molecule has 2 saturated carbocycles. The maximum atomic E-state index is 13.6. The van der Waals surface area contributed by atoms with Crippen molar-refractivity contribution in [3.05, 3.63) is 51.4 Å². The number of carbonyl (C=O) groups is 2. The summed E-state index contributed by atoms with van der Waals surface area (Å²) >= 11 is 6.35. The minimum atomic E-state index is -4.19. The summed E-state index contributed by atoms with van der Waals surface area (Å²) in [6.07, 6.45) is -1.74. The van der Waals surface area contributed by atoms with Crippen molar-refractivity contribution in [3.63, 3.8) is 0 Å². The van der Waals surface area contributed by atoms with Crippen molar-refractivity contribution in [2.75, 3.05) is 7.11 Å². The van der Waals surface area contributed by atoms with E-state index in [4.69, 9.17) is 22.1 Å². The molecule has 2 fully saturated rings. The van der Waals surface area contributed by atoms with Crippen LogP contribution in [0.2, 0.25) is 5.02 Å². The molecule has 2 aliphatic carbocycles. The van der Waals surface area contributed by atoms with Crippen LogP contribution in [-0.2, 0) is 24.2 Å². The van der Waals surface area contributed by atoms with Crippen LogP contribution >= 0.6 is 11.6 Å². The van der Waals surface area contributed by atoms with E-state index in [1.165, 1.54) is 31.4 Å². The Bertz CT molecular complexity index is 1480. The average Bonchev–Trinajstić information content (AvgIpc) is 3.45. The van der Waals surface area contributed by atoms with Gasteiger partial charge in [0.1, 0.15) is 10.8 Å². The zero-order valence-corrected chi connectivity index (χ0v) is 20.9. The third kappa shape index (κ3) is 3.70. The molecule has 1 heterocycles. The summed E-state index contributed by atoms with van der Waals surface area (Å²) in [5.41, 5.74) is 2.29. The lowest BCUT2D eigenvalue weighted by Gasteiger charge is -2.31. The van der Waals surface area contributed by atoms with Gasteiger partial charge in [0.05, 0.1) is 38.7 Å². The van der Waals surface area contributed by atoms with Crippen molar-refractivity contribution < 1.29 is 27.9 Å². The van der Waals surface area contributed by atoms with Crippen LogP contribution in [-0.4, -0.2) is 53.6 Å². The number of rotatable bonds is 7. The van der Waals surface area contributed by atoms with Gasteiger partial charge in [0.15, 0.2) is 9.84 Å². The van der Waals surface area contributed by atoms with Crippen LogP contribution in [0.5, 0.6) is 0 Å². The molecule has 2 unspecified atom stereocenters. The smallest absolute Gasteiger partial charge is 0.312 e. The normalized spacial score (nSPS) is 29.4. The van der Waals surface area contributed by atoms with Crippen LogP contribution in [0.25, 0.3) is 5.69 Å². The number of primary amides is 1. The molecule has 1 aromatic heterocycles. The predicted molar refractivity (Wildman–Crippen MR) is 126 cm³/mol. The average molecular weight is 535 g/mol. The summed E-state index contributed by atoms with van der Waals surface area (Å²) in [6.45, 7) is 1.69. The second kappa shape index (κ2) is 8.69. The number of benzene rings is 1. The van der Waals surface area contributed by atoms with E-state index in [-0.39, 0.29) is 34.9 Å². The molecule has 1 amide bonds. The van der Waals surface area contributed by atoms with Gasteiger partial charge in [-0.05, 0) is 50.5 Å². The van der Waals surface area contributed by atoms with E-state index in [2.05, 4.69) is 5.10 Å². The molecule has 13 heteroatoms. The highest BCUT2D eigenvalue weighted by atomic mass is 35.5. The Hall–Kier alpha value is -3.27. The summed E-state index contributed by atoms with van der Waals surface area (Å²) in [7, 11) is -2.93. The van der Waals surface area contributed by atoms with Crippen LogP contribution in [0.1, 0.15) is 25.0 Å². The lowest BCUT2D eigenvalue weighted by molar-refractivity contribution is -0.159. The zero-order chi connectivity index (χ0) is 26.6. The number of nitrogens with two attached hydrogens (primary N) is 1. The quantitative estimate of drug-likeness (QED) is 0.527. The third-order valence-corrected chi connectivity index (χ3v) is 9.99. The van der Waals surface area contributed by atoms with Gasteiger partial charge in [-0.2, -0.15) is 15.0 Å². The molecule has 190 valence electrons. The third-order valence-electron chi connectivity index (χ3n) is 7.36. The molecule has 1 aromatic carbocycles. The van der Waals surface area contributed by atoms with Gasteiger partial charge in [0.25, 0.3) is 5.56 Å². The maximum Gasteiger partial charge on any atom is 0.312 e. The lowest BCUT2D eigenvalue weighted by atomic mass is 9.75. The molecule has 0 spiro atoms. The highest BCUT2D eigenvalue weighted by molar-refractivity contribution is 7.92. The summed E-state index contributed by atoms with van der Waals surface area (Å²) in [6, 6.07) is 8.61. The first-order valence-electron chi connectivity index (χ1n) is 10.9. The summed E-state index contributed by atoms with van der Waals surface area (Å²) in [5.74, 6) is -3.30. The van der Waals surface area contributed by atoms with Crippen LogP contribution in [0.4, 0.5) is 0 Å². The first kappa shape index (κ1) is 25.8. The van der Waals surface area contributed by atoms with Gasteiger partial charge in [-0.3, -0.25) is 14.4 Å². The van der Waals surface area contributed by atoms with E-state index < -0.39 is 55.4 Å². The summed E-state index contributed by atoms with van der Waals surface area (Å²) in [4.78, 5) is 36.5. The minimum absolute atomic E-state index is 0.0918. The Balaban J connectivity index is 1.73. The molecule has 5 atom stereocenters. The molecule has 11 nitrogen and oxygen atoms in total. The monoisotopic (exact) mass is 534 g/mol. The molecule has 0 radical (unpaired) electrons. The number of hydrogen-bond donors (Lipinski definition) is 2. The molecule has 0 bridgehead atoms. The number of aromatic nitrogens is 2. The first-order chi connectivity index (χ1) is 16.8. The maximum absolute atomic E-state index is 13.6. The number of ether oxygens (including phenoxy) is 1. The number of aryl methyl sites for hydroxylation is 1. The number of nitriles is 1. The molecular weight excluding hydrogens is 512 g/mol. The number of carboxylic acids is 1. The number of hydrogen-bond acceptors (Lipinski definition) is 8. The van der Waals surface area contributed by atoms with E-state index in [9.17, 15) is 33.2 Å². The Morgan fingerprint density at radius 2 is 2.00 bits per heavy atom. The zero-order valence-electron chi connectivity index (χ0n) is 19.3. The topological polar surface area (TPSA) is 182 Å². The van der Waals surface area contributed by atoms with Gasteiger partial charge < -0.3 is 15.6 Å². The molecule has 36 heavy (non-hydrogen) atoms. The number of aliphatic carboxylic acids is 1. The van der Waals surface area contributed by atoms with E-state index >= 15 is 0 Å². The highest BCUT2D eigenvalue weighted by Crippen LogP contribution is 2.66. The Morgan fingerprint density at radius 1 is 1.31 bits per heavy atom. The number of amides is 1. The van der Waals surface area contributed by atoms with Crippen LogP contribution in [0.3, 0.4) is 0 Å². The van der Waals surface area contributed by atoms with Crippen LogP contribution in [0.15, 0.2) is 40.0 Å². The predicted octanol–water partition coefficient (Wildman–Crippen LogP) is 1.23. The largest absolute Gasteiger partial charge is 0.481 e. The fraction of sp³-hybridized carbons (Fsp3) is 0.435. The molecule has 0 saturated heterocycles. The van der Waals surface area contributed by atoms with Crippen molar-refractivity contribution in [2.24, 2.45) is 22.5 Å². The minimum Gasteiger partial charge on any atom is -0.481 e. The molecule has 0 aliphatic heterocycles. The first-order valence-corrected chi connectivity index (χ1v) is 12.9. The van der Waals surface area contributed by atoms with E-state index in [1.807, 2.05) is 6.07 Å². The highest BCUT2D eigenvalue weighted by Gasteiger charge is 2.75. The number of nitrogens with zero attached hydrogens (tertiary/aromatic N) is 3. The van der Waals surface area contributed by atoms with Crippen LogP contribution < -0.4 is 11.3 Å². The second-order valence-corrected chi connectivity index (χ2v) is 11.8. The molecule has 3 N–H and O–H groups in total. The lowest BCUT2D eigenvalue weighted by Crippen LogP contribution is -2.44. The van der Waals surface area contributed by atoms with Gasteiger partial charge in [0, 0.05) is 19.1 Å². The fourth-order valence-electron chi connectivity index (χ4n) is 5.38. The Morgan fingerprint density at radius 3 is 2.53 bits per heavy atom. The van der Waals surface area contributed by atoms with Crippen molar-refractivity contribution in [1.82, 2.24) is 9.78 Å². The van der Waals surface area contributed by atoms with Crippen molar-refractivity contribution in [2.45, 2.75) is 42.4 Å². The van der Waals surface area contributed by atoms with Gasteiger partial charge in [-0.25, -0.2) is 8.42 Å². The van der Waals surface area contributed by atoms with Gasteiger partial charge >= 0.3 is 5.97 Å². The molecular formula is C23H23ClN4O7S. The van der Waals surface area contributed by atoms with Gasteiger partial charge in [0.2, 0.25) is 5.91 Å². The molecule has 2 aromatic rings. The van der Waals surface area contributed by atoms with Gasteiger partial charge in [-0.15, -0.1) is 0 Å². The standard InChI is InChI=1S/C23H23ClN4O7S/c1-12-3-6-19(29)28(27-12)13-4-5-16(15(24)7-13)36(33,34)14-8-18(35-2)23(9-14,21(31)32)17-10-22(17,11-25)20(26)30/h3-7,14,17-18H,8-10H2,1-2H3,(H2,26,30)(H,31,32)/t14-,17?,18+,22?,23+/m1/s1. The van der Waals surface area contributed by atoms with Crippen LogP contribution in [0, 0.1) is 35.0 Å². The molecule has 4 rings (SSSR count). The number of carboxylic acid groups (broad SMARTS) is 1. The van der Waals surface area contributed by atoms with Crippen molar-refractivity contribution >= 4 is 33.3 Å². The Kier molecular flexibility index (Phi) is 6.23. The molecule has 2 aliphatic rings. The van der Waals surface area contributed by atoms with E-state index in [1.54, 1.807) is 13.0 Å². The number of sulfone groups is 1. The summed E-state index contributed by atoms with van der Waals surface area (Å²) in [5, 5.41) is 22.5. The number of carbonyl (C=O) groups excluding carboxylic acids is 1. The van der Waals surface area contributed by atoms with Crippen molar-refractivity contribution in [3.8, 4) is 11.8 Å². The van der Waals surface area contributed by atoms with E-state index in [0.29, 0.717) is 5.69 Å². The summed E-state index contributed by atoms with van der Waals surface area (Å²) < 4.78 is 33.8. The van der Waals surface area contributed by atoms with Crippen molar-refractivity contribution in [1.29, 1.82) is 5.26 Å². The SMILES string of the molecule is CO[C@H]1C[C@@H](S(=O)(=O)c2ccc(-n3nc(C)ccc3=O)cc2Cl)C[C@]1(C(=O)O)C1CC1(C#N)C(N)=O. The Labute approximate surface area is 211 Å². The second-order valence-electron chi connectivity index (χ2n) is 9.22. The number of methoxy groups -OCH3 is 1.